The standard InChI is InChI=1S/C16H13NO5/c1-22-16(21)13-5-3-2-4-12(13)14(18)17-11-8-6-10(7-9-11)15(19)20/h2-9H,1H3,(H,17,18)(H,19,20). The Hall–Kier alpha value is -3.15. The Morgan fingerprint density at radius 3 is 2.09 bits per heavy atom. The molecule has 0 radical (unpaired) electrons. The van der Waals surface area contributed by atoms with E-state index in [1.807, 2.05) is 0 Å². The summed E-state index contributed by atoms with van der Waals surface area (Å²) in [4.78, 5) is 34.7. The highest BCUT2D eigenvalue weighted by atomic mass is 16.5. The highest BCUT2D eigenvalue weighted by Gasteiger charge is 2.17. The number of methoxy groups -OCH3 is 1. The zero-order chi connectivity index (χ0) is 16.1. The molecule has 6 heteroatoms. The Kier molecular flexibility index (Phi) is 4.53. The Balaban J connectivity index is 2.22. The van der Waals surface area contributed by atoms with Gasteiger partial charge < -0.3 is 15.2 Å². The summed E-state index contributed by atoms with van der Waals surface area (Å²) >= 11 is 0. The summed E-state index contributed by atoms with van der Waals surface area (Å²) in [5, 5.41) is 11.4. The molecule has 2 N–H and O–H groups in total. The summed E-state index contributed by atoms with van der Waals surface area (Å²) < 4.78 is 4.64. The summed E-state index contributed by atoms with van der Waals surface area (Å²) in [6.45, 7) is 0. The molecule has 2 rings (SSSR count). The average molecular weight is 299 g/mol. The number of carbonyl (C=O) groups excluding carboxylic acids is 2. The van der Waals surface area contributed by atoms with E-state index in [4.69, 9.17) is 5.11 Å². The lowest BCUT2D eigenvalue weighted by Gasteiger charge is -2.09. The van der Waals surface area contributed by atoms with Gasteiger partial charge in [0, 0.05) is 5.69 Å². The second-order valence-electron chi connectivity index (χ2n) is 4.37. The van der Waals surface area contributed by atoms with E-state index in [0.29, 0.717) is 5.69 Å². The number of ether oxygens (including phenoxy) is 1. The van der Waals surface area contributed by atoms with Crippen LogP contribution in [-0.2, 0) is 4.74 Å². The largest absolute Gasteiger partial charge is 0.478 e. The van der Waals surface area contributed by atoms with Crippen LogP contribution in [0, 0.1) is 0 Å². The number of amides is 1. The van der Waals surface area contributed by atoms with Crippen molar-refractivity contribution in [3.05, 3.63) is 65.2 Å². The van der Waals surface area contributed by atoms with E-state index in [2.05, 4.69) is 10.1 Å². The van der Waals surface area contributed by atoms with Crippen LogP contribution in [0.25, 0.3) is 0 Å². The van der Waals surface area contributed by atoms with Gasteiger partial charge in [0.1, 0.15) is 0 Å². The zero-order valence-electron chi connectivity index (χ0n) is 11.7. The van der Waals surface area contributed by atoms with E-state index in [-0.39, 0.29) is 16.7 Å². The van der Waals surface area contributed by atoms with Crippen molar-refractivity contribution in [2.75, 3.05) is 12.4 Å². The number of benzene rings is 2. The van der Waals surface area contributed by atoms with E-state index >= 15 is 0 Å². The Morgan fingerprint density at radius 1 is 0.955 bits per heavy atom. The van der Waals surface area contributed by atoms with Crippen LogP contribution in [0.1, 0.15) is 31.1 Å². The van der Waals surface area contributed by atoms with Crippen molar-refractivity contribution in [3.8, 4) is 0 Å². The number of carboxylic acid groups (broad SMARTS) is 1. The lowest BCUT2D eigenvalue weighted by Crippen LogP contribution is -2.17. The van der Waals surface area contributed by atoms with Gasteiger partial charge in [-0.1, -0.05) is 12.1 Å². The van der Waals surface area contributed by atoms with Gasteiger partial charge in [0.15, 0.2) is 0 Å². The van der Waals surface area contributed by atoms with Crippen molar-refractivity contribution in [3.63, 3.8) is 0 Å². The zero-order valence-corrected chi connectivity index (χ0v) is 11.7. The van der Waals surface area contributed by atoms with Gasteiger partial charge in [0.2, 0.25) is 0 Å². The topological polar surface area (TPSA) is 92.7 Å². The van der Waals surface area contributed by atoms with E-state index in [9.17, 15) is 14.4 Å². The van der Waals surface area contributed by atoms with Crippen molar-refractivity contribution >= 4 is 23.5 Å². The lowest BCUT2D eigenvalue weighted by atomic mass is 10.1. The molecule has 1 amide bonds. The normalized spacial score (nSPS) is 9.86. The second-order valence-corrected chi connectivity index (χ2v) is 4.37. The number of rotatable bonds is 4. The first-order chi connectivity index (χ1) is 10.5. The number of hydrogen-bond acceptors (Lipinski definition) is 4. The molecule has 0 saturated carbocycles. The monoisotopic (exact) mass is 299 g/mol. The molecule has 2 aromatic rings. The molecule has 0 unspecified atom stereocenters. The van der Waals surface area contributed by atoms with Gasteiger partial charge in [-0.25, -0.2) is 9.59 Å². The number of carboxylic acids is 1. The maximum atomic E-state index is 12.2. The maximum absolute atomic E-state index is 12.2. The van der Waals surface area contributed by atoms with Crippen molar-refractivity contribution in [1.29, 1.82) is 0 Å². The second kappa shape index (κ2) is 6.53. The summed E-state index contributed by atoms with van der Waals surface area (Å²) in [6, 6.07) is 12.0. The number of esters is 1. The van der Waals surface area contributed by atoms with Crippen LogP contribution in [-0.4, -0.2) is 30.1 Å². The van der Waals surface area contributed by atoms with E-state index in [0.717, 1.165) is 0 Å². The highest BCUT2D eigenvalue weighted by Crippen LogP contribution is 2.15. The van der Waals surface area contributed by atoms with Gasteiger partial charge in [0.05, 0.1) is 23.8 Å². The summed E-state index contributed by atoms with van der Waals surface area (Å²) in [5.41, 5.74) is 0.879. The van der Waals surface area contributed by atoms with Crippen molar-refractivity contribution in [2.45, 2.75) is 0 Å². The van der Waals surface area contributed by atoms with Crippen molar-refractivity contribution < 1.29 is 24.2 Å². The highest BCUT2D eigenvalue weighted by molar-refractivity contribution is 6.11. The first-order valence-electron chi connectivity index (χ1n) is 6.35. The van der Waals surface area contributed by atoms with Gasteiger partial charge in [-0.2, -0.15) is 0 Å². The minimum absolute atomic E-state index is 0.118. The predicted octanol–water partition coefficient (Wildman–Crippen LogP) is 2.42. The third-order valence-corrected chi connectivity index (χ3v) is 2.97. The number of hydrogen-bond donors (Lipinski definition) is 2. The van der Waals surface area contributed by atoms with E-state index < -0.39 is 17.8 Å². The third kappa shape index (κ3) is 3.29. The van der Waals surface area contributed by atoms with Crippen molar-refractivity contribution in [2.24, 2.45) is 0 Å². The SMILES string of the molecule is COC(=O)c1ccccc1C(=O)Nc1ccc(C(=O)O)cc1. The minimum Gasteiger partial charge on any atom is -0.478 e. The molecule has 0 aliphatic rings. The molecule has 0 spiro atoms. The van der Waals surface area contributed by atoms with Crippen LogP contribution in [0.2, 0.25) is 0 Å². The van der Waals surface area contributed by atoms with Crippen LogP contribution in [0.15, 0.2) is 48.5 Å². The summed E-state index contributed by atoms with van der Waals surface area (Å²) in [5.74, 6) is -2.13. The van der Waals surface area contributed by atoms with Crippen LogP contribution >= 0.6 is 0 Å². The molecule has 2 aromatic carbocycles. The molecule has 0 heterocycles. The van der Waals surface area contributed by atoms with E-state index in [1.165, 1.54) is 43.5 Å². The van der Waals surface area contributed by atoms with Gasteiger partial charge in [-0.15, -0.1) is 0 Å². The maximum Gasteiger partial charge on any atom is 0.338 e. The van der Waals surface area contributed by atoms with Crippen LogP contribution < -0.4 is 5.32 Å². The quantitative estimate of drug-likeness (QED) is 0.846. The number of carbonyl (C=O) groups is 3. The predicted molar refractivity (Wildman–Crippen MR) is 79.1 cm³/mol. The molecule has 0 saturated heterocycles. The smallest absolute Gasteiger partial charge is 0.338 e. The number of anilines is 1. The number of aromatic carboxylic acids is 1. The van der Waals surface area contributed by atoms with Gasteiger partial charge in [0.25, 0.3) is 5.91 Å². The van der Waals surface area contributed by atoms with Gasteiger partial charge in [-0.05, 0) is 36.4 Å². The fourth-order valence-corrected chi connectivity index (χ4v) is 1.86. The fourth-order valence-electron chi connectivity index (χ4n) is 1.86. The molecule has 0 atom stereocenters. The molecule has 112 valence electrons. The molecule has 0 aromatic heterocycles. The molecule has 0 fully saturated rings. The summed E-state index contributed by atoms with van der Waals surface area (Å²) in [7, 11) is 1.24. The first-order valence-corrected chi connectivity index (χ1v) is 6.35. The molecular weight excluding hydrogens is 286 g/mol. The Labute approximate surface area is 126 Å². The molecule has 0 aliphatic heterocycles. The molecule has 0 aliphatic carbocycles. The van der Waals surface area contributed by atoms with Crippen LogP contribution in [0.3, 0.4) is 0 Å². The molecular formula is C16H13NO5. The van der Waals surface area contributed by atoms with Crippen LogP contribution in [0.4, 0.5) is 5.69 Å². The minimum atomic E-state index is -1.05. The van der Waals surface area contributed by atoms with Gasteiger partial charge in [-0.3, -0.25) is 4.79 Å². The molecule has 6 nitrogen and oxygen atoms in total. The fraction of sp³-hybridized carbons (Fsp3) is 0.0625. The average Bonchev–Trinajstić information content (AvgIpc) is 2.54. The summed E-state index contributed by atoms with van der Waals surface area (Å²) in [6.07, 6.45) is 0. The third-order valence-electron chi connectivity index (χ3n) is 2.97. The Morgan fingerprint density at radius 2 is 1.55 bits per heavy atom. The van der Waals surface area contributed by atoms with Crippen molar-refractivity contribution in [1.82, 2.24) is 0 Å². The first kappa shape index (κ1) is 15.2. The number of nitrogens with one attached hydrogen (secondary N) is 1. The Bertz CT molecular complexity index is 722. The van der Waals surface area contributed by atoms with Gasteiger partial charge >= 0.3 is 11.9 Å². The lowest BCUT2D eigenvalue weighted by molar-refractivity contribution is 0.0596. The van der Waals surface area contributed by atoms with E-state index in [1.54, 1.807) is 12.1 Å². The molecule has 22 heavy (non-hydrogen) atoms. The van der Waals surface area contributed by atoms with Crippen LogP contribution in [0.5, 0.6) is 0 Å². The molecule has 0 bridgehead atoms.